The third kappa shape index (κ3) is 5.47. The molecule has 10 aromatic rings. The van der Waals surface area contributed by atoms with E-state index in [9.17, 15) is 10.5 Å². The minimum absolute atomic E-state index is 0.482. The van der Waals surface area contributed by atoms with Gasteiger partial charge in [-0.1, -0.05) is 42.5 Å². The number of para-hydroxylation sites is 2. The van der Waals surface area contributed by atoms with Gasteiger partial charge in [-0.05, 0) is 107 Å². The van der Waals surface area contributed by atoms with Gasteiger partial charge in [0.2, 0.25) is 0 Å². The fourth-order valence-corrected chi connectivity index (χ4v) is 8.34. The third-order valence-corrected chi connectivity index (χ3v) is 10.6. The predicted molar refractivity (Wildman–Crippen MR) is 227 cm³/mol. The maximum atomic E-state index is 10.8. The largest absolute Gasteiger partial charge is 0.309 e. The zero-order valence-electron chi connectivity index (χ0n) is 32.0. The van der Waals surface area contributed by atoms with Gasteiger partial charge >= 0.3 is 0 Å². The lowest BCUT2D eigenvalue weighted by atomic mass is 9.94. The van der Waals surface area contributed by atoms with Crippen LogP contribution in [0, 0.1) is 50.4 Å². The lowest BCUT2D eigenvalue weighted by Crippen LogP contribution is -2.04. The molecule has 0 fully saturated rings. The molecule has 0 saturated carbocycles. The van der Waals surface area contributed by atoms with Crippen LogP contribution >= 0.6 is 0 Å². The van der Waals surface area contributed by atoms with Gasteiger partial charge in [-0.3, -0.25) is 0 Å². The van der Waals surface area contributed by atoms with Gasteiger partial charge in [-0.25, -0.2) is 29.9 Å². The first-order valence-electron chi connectivity index (χ1n) is 18.8. The van der Waals surface area contributed by atoms with E-state index in [0.29, 0.717) is 51.6 Å². The summed E-state index contributed by atoms with van der Waals surface area (Å²) >= 11 is 0. The molecule has 0 N–H and O–H groups in total. The molecule has 0 aliphatic carbocycles. The quantitative estimate of drug-likeness (QED) is 0.170. The fraction of sp³-hybridized carbons (Fsp3) is 0.0833. The molecule has 0 unspecified atom stereocenters. The topological polar surface area (TPSA) is 135 Å². The van der Waals surface area contributed by atoms with Crippen LogP contribution in [-0.4, -0.2) is 39.0 Å². The Hall–Kier alpha value is -8.08. The summed E-state index contributed by atoms with van der Waals surface area (Å²) in [6, 6.07) is 45.5. The highest BCUT2D eigenvalue weighted by atomic mass is 15.0. The third-order valence-electron chi connectivity index (χ3n) is 10.6. The second-order valence-corrected chi connectivity index (χ2v) is 14.3. The van der Waals surface area contributed by atoms with Crippen molar-refractivity contribution in [2.24, 2.45) is 0 Å². The van der Waals surface area contributed by atoms with Crippen LogP contribution in [0.15, 0.2) is 121 Å². The lowest BCUT2D eigenvalue weighted by Gasteiger charge is -2.20. The highest BCUT2D eigenvalue weighted by molar-refractivity contribution is 6.12. The maximum Gasteiger partial charge on any atom is 0.163 e. The molecule has 4 heterocycles. The van der Waals surface area contributed by atoms with Gasteiger partial charge in [0.25, 0.3) is 0 Å². The molecule has 10 rings (SSSR count). The minimum Gasteiger partial charge on any atom is -0.309 e. The van der Waals surface area contributed by atoms with Crippen LogP contribution in [0.25, 0.3) is 88.9 Å². The Morgan fingerprint density at radius 1 is 0.431 bits per heavy atom. The number of aromatic nitrogens is 8. The molecule has 274 valence electrons. The van der Waals surface area contributed by atoms with Crippen LogP contribution in [0.4, 0.5) is 0 Å². The summed E-state index contributed by atoms with van der Waals surface area (Å²) in [6.45, 7) is 7.49. The van der Waals surface area contributed by atoms with E-state index < -0.39 is 0 Å². The SMILES string of the molecule is Cc1nc(C)nc(-c2ccc3c(c2)c2ccccc2n3-c2ccc(C#N)cc2-c2c(C#N)cccc2-n2c3ccccc3c3cc(-c4nc(C)nc(C)n4)ccc32)n1. The van der Waals surface area contributed by atoms with Crippen molar-refractivity contribution in [2.45, 2.75) is 27.7 Å². The van der Waals surface area contributed by atoms with Crippen LogP contribution in [0.2, 0.25) is 0 Å². The molecular formula is C48H32N10. The van der Waals surface area contributed by atoms with Gasteiger partial charge in [0.1, 0.15) is 23.3 Å². The van der Waals surface area contributed by atoms with E-state index in [2.05, 4.69) is 99.7 Å². The molecule has 0 spiro atoms. The van der Waals surface area contributed by atoms with Crippen molar-refractivity contribution >= 4 is 43.6 Å². The van der Waals surface area contributed by atoms with Crippen molar-refractivity contribution in [1.82, 2.24) is 39.0 Å². The number of benzene rings is 6. The van der Waals surface area contributed by atoms with E-state index in [1.54, 1.807) is 0 Å². The number of fused-ring (bicyclic) bond motifs is 6. The highest BCUT2D eigenvalue weighted by Crippen LogP contribution is 2.43. The second kappa shape index (κ2) is 13.3. The number of aryl methyl sites for hydroxylation is 4. The average Bonchev–Trinajstić information content (AvgIpc) is 3.74. The summed E-state index contributed by atoms with van der Waals surface area (Å²) in [5.41, 5.74) is 9.71. The van der Waals surface area contributed by atoms with E-state index in [1.807, 2.05) is 100 Å². The molecule has 0 atom stereocenters. The average molecular weight is 749 g/mol. The van der Waals surface area contributed by atoms with Gasteiger partial charge < -0.3 is 9.13 Å². The maximum absolute atomic E-state index is 10.8. The molecule has 58 heavy (non-hydrogen) atoms. The predicted octanol–water partition coefficient (Wildman–Crippen LogP) is 10.2. The standard InChI is InChI=1S/C48H32N10/c1-27-51-28(2)54-47(53-27)32-17-20-42-37(23-32)35-11-5-7-13-40(35)57(42)44-19-16-31(25-49)22-39(44)46-34(26-50)10-9-15-45(46)58-41-14-8-6-12-36(41)38-24-33(18-21-43(38)58)48-55-29(3)52-30(4)56-48/h5-24H,1-4H3. The van der Waals surface area contributed by atoms with Crippen molar-refractivity contribution < 1.29 is 0 Å². The van der Waals surface area contributed by atoms with Crippen LogP contribution < -0.4 is 0 Å². The fourth-order valence-electron chi connectivity index (χ4n) is 8.34. The summed E-state index contributed by atoms with van der Waals surface area (Å²) in [5, 5.41) is 25.3. The van der Waals surface area contributed by atoms with Crippen LogP contribution in [0.3, 0.4) is 0 Å². The molecule has 10 nitrogen and oxygen atoms in total. The zero-order chi connectivity index (χ0) is 39.7. The van der Waals surface area contributed by atoms with E-state index in [0.717, 1.165) is 71.7 Å². The number of nitrogens with zero attached hydrogens (tertiary/aromatic N) is 10. The summed E-state index contributed by atoms with van der Waals surface area (Å²) in [6.07, 6.45) is 0. The molecular weight excluding hydrogens is 717 g/mol. The Labute approximate surface area is 333 Å². The van der Waals surface area contributed by atoms with Crippen LogP contribution in [0.1, 0.15) is 34.4 Å². The van der Waals surface area contributed by atoms with Crippen molar-refractivity contribution in [1.29, 1.82) is 10.5 Å². The Morgan fingerprint density at radius 3 is 1.45 bits per heavy atom. The molecule has 0 aliphatic heterocycles. The minimum atomic E-state index is 0.482. The highest BCUT2D eigenvalue weighted by Gasteiger charge is 2.24. The van der Waals surface area contributed by atoms with Gasteiger partial charge in [-0.15, -0.1) is 0 Å². The lowest BCUT2D eigenvalue weighted by molar-refractivity contribution is 0.928. The molecule has 0 bridgehead atoms. The molecule has 0 aliphatic rings. The Balaban J connectivity index is 1.25. The normalized spacial score (nSPS) is 11.4. The van der Waals surface area contributed by atoms with Crippen molar-refractivity contribution in [3.05, 3.63) is 156 Å². The van der Waals surface area contributed by atoms with Gasteiger partial charge in [-0.2, -0.15) is 10.5 Å². The van der Waals surface area contributed by atoms with Gasteiger partial charge in [0, 0.05) is 43.8 Å². The number of nitriles is 2. The first-order valence-corrected chi connectivity index (χ1v) is 18.8. The molecule has 6 aromatic carbocycles. The summed E-state index contributed by atoms with van der Waals surface area (Å²) in [4.78, 5) is 27.4. The Kier molecular flexibility index (Phi) is 7.89. The van der Waals surface area contributed by atoms with E-state index in [4.69, 9.17) is 0 Å². The number of hydrogen-bond donors (Lipinski definition) is 0. The molecule has 0 radical (unpaired) electrons. The van der Waals surface area contributed by atoms with Crippen molar-refractivity contribution in [2.75, 3.05) is 0 Å². The zero-order valence-corrected chi connectivity index (χ0v) is 32.0. The summed E-state index contributed by atoms with van der Waals surface area (Å²) in [5.74, 6) is 3.88. The molecule has 0 saturated heterocycles. The first kappa shape index (κ1) is 34.4. The van der Waals surface area contributed by atoms with E-state index in [1.165, 1.54) is 0 Å². The van der Waals surface area contributed by atoms with Crippen LogP contribution in [0.5, 0.6) is 0 Å². The molecule has 0 amide bonds. The summed E-state index contributed by atoms with van der Waals surface area (Å²) < 4.78 is 4.44. The smallest absolute Gasteiger partial charge is 0.163 e. The van der Waals surface area contributed by atoms with Gasteiger partial charge in [0.05, 0.1) is 56.7 Å². The van der Waals surface area contributed by atoms with Gasteiger partial charge in [0.15, 0.2) is 11.6 Å². The molecule has 4 aromatic heterocycles. The van der Waals surface area contributed by atoms with Crippen molar-refractivity contribution in [3.63, 3.8) is 0 Å². The van der Waals surface area contributed by atoms with E-state index >= 15 is 0 Å². The first-order chi connectivity index (χ1) is 28.3. The second-order valence-electron chi connectivity index (χ2n) is 14.3. The number of hydrogen-bond acceptors (Lipinski definition) is 8. The van der Waals surface area contributed by atoms with Crippen LogP contribution in [-0.2, 0) is 0 Å². The van der Waals surface area contributed by atoms with Crippen molar-refractivity contribution in [3.8, 4) is 57.4 Å². The molecule has 10 heteroatoms. The monoisotopic (exact) mass is 748 g/mol. The Morgan fingerprint density at radius 2 is 0.931 bits per heavy atom. The Bertz CT molecular complexity index is 3390. The van der Waals surface area contributed by atoms with E-state index in [-0.39, 0.29) is 0 Å². The summed E-state index contributed by atoms with van der Waals surface area (Å²) in [7, 11) is 0. The number of rotatable bonds is 5.